The Balaban J connectivity index is 2.07. The lowest BCUT2D eigenvalue weighted by molar-refractivity contribution is -0.110. The van der Waals surface area contributed by atoms with Crippen molar-refractivity contribution in [2.75, 3.05) is 14.2 Å². The molecule has 25 heavy (non-hydrogen) atoms. The fourth-order valence-corrected chi connectivity index (χ4v) is 2.20. The fraction of sp³-hybridized carbons (Fsp3) is 0.0952. The highest BCUT2D eigenvalue weighted by Gasteiger charge is 2.00. The molecule has 0 amide bonds. The van der Waals surface area contributed by atoms with Gasteiger partial charge in [0.25, 0.3) is 0 Å². The van der Waals surface area contributed by atoms with Crippen molar-refractivity contribution in [2.45, 2.75) is 0 Å². The van der Waals surface area contributed by atoms with Gasteiger partial charge in [0.1, 0.15) is 17.3 Å². The Kier molecular flexibility index (Phi) is 6.60. The first kappa shape index (κ1) is 18.1. The molecule has 0 aromatic heterocycles. The molecule has 0 aliphatic heterocycles. The van der Waals surface area contributed by atoms with Crippen LogP contribution in [0.2, 0.25) is 0 Å². The van der Waals surface area contributed by atoms with Crippen LogP contribution < -0.4 is 9.47 Å². The van der Waals surface area contributed by atoms with Gasteiger partial charge >= 0.3 is 0 Å². The van der Waals surface area contributed by atoms with Gasteiger partial charge in [-0.3, -0.25) is 4.79 Å². The van der Waals surface area contributed by atoms with E-state index in [2.05, 4.69) is 0 Å². The number of benzene rings is 2. The van der Waals surface area contributed by atoms with E-state index < -0.39 is 0 Å². The average Bonchev–Trinajstić information content (AvgIpc) is 2.65. The molecule has 4 nitrogen and oxygen atoms in total. The van der Waals surface area contributed by atoms with E-state index in [4.69, 9.17) is 9.47 Å². The van der Waals surface area contributed by atoms with Gasteiger partial charge in [-0.2, -0.15) is 0 Å². The highest BCUT2D eigenvalue weighted by atomic mass is 16.5. The normalized spacial score (nSPS) is 11.8. The standard InChI is InChI=1S/C21H20O4/c1-24-20-9-5-3-7-16(20)11-13-18(22)15-19(23)14-12-17-8-4-6-10-21(17)25-2/h3-15,22H,1-2H3/b13-11+,14-12+,18-15?. The maximum atomic E-state index is 11.9. The first-order chi connectivity index (χ1) is 12.1. The highest BCUT2D eigenvalue weighted by molar-refractivity contribution is 6.02. The minimum absolute atomic E-state index is 0.138. The van der Waals surface area contributed by atoms with E-state index in [1.54, 1.807) is 26.4 Å². The quantitative estimate of drug-likeness (QED) is 0.461. The molecule has 0 saturated carbocycles. The molecule has 2 aromatic carbocycles. The van der Waals surface area contributed by atoms with Crippen molar-refractivity contribution in [1.29, 1.82) is 0 Å². The smallest absolute Gasteiger partial charge is 0.182 e. The van der Waals surface area contributed by atoms with Gasteiger partial charge in [-0.1, -0.05) is 36.4 Å². The van der Waals surface area contributed by atoms with Crippen LogP contribution in [0.1, 0.15) is 11.1 Å². The Morgan fingerprint density at radius 2 is 1.32 bits per heavy atom. The molecule has 0 bridgehead atoms. The van der Waals surface area contributed by atoms with E-state index in [0.717, 1.165) is 17.2 Å². The lowest BCUT2D eigenvalue weighted by Crippen LogP contribution is -1.90. The minimum Gasteiger partial charge on any atom is -0.508 e. The molecule has 4 heteroatoms. The number of ether oxygens (including phenoxy) is 2. The lowest BCUT2D eigenvalue weighted by atomic mass is 10.1. The summed E-state index contributed by atoms with van der Waals surface area (Å²) in [5, 5.41) is 9.90. The van der Waals surface area contributed by atoms with E-state index in [1.807, 2.05) is 48.5 Å². The highest BCUT2D eigenvalue weighted by Crippen LogP contribution is 2.20. The van der Waals surface area contributed by atoms with Gasteiger partial charge in [-0.15, -0.1) is 0 Å². The molecular formula is C21H20O4. The van der Waals surface area contributed by atoms with Gasteiger partial charge in [0, 0.05) is 17.2 Å². The predicted octanol–water partition coefficient (Wildman–Crippen LogP) is 4.44. The van der Waals surface area contributed by atoms with Crippen LogP contribution in [-0.2, 0) is 4.79 Å². The van der Waals surface area contributed by atoms with Crippen molar-refractivity contribution in [1.82, 2.24) is 0 Å². The minimum atomic E-state index is -0.326. The molecule has 0 aliphatic rings. The van der Waals surface area contributed by atoms with Crippen LogP contribution in [0.25, 0.3) is 12.2 Å². The third-order valence-corrected chi connectivity index (χ3v) is 3.43. The largest absolute Gasteiger partial charge is 0.508 e. The summed E-state index contributed by atoms with van der Waals surface area (Å²) < 4.78 is 10.4. The van der Waals surface area contributed by atoms with Crippen molar-refractivity contribution in [3.63, 3.8) is 0 Å². The summed E-state index contributed by atoms with van der Waals surface area (Å²) in [7, 11) is 3.15. The number of rotatable bonds is 7. The molecular weight excluding hydrogens is 316 g/mol. The Bertz CT molecular complexity index is 816. The maximum Gasteiger partial charge on any atom is 0.182 e. The molecule has 0 atom stereocenters. The fourth-order valence-electron chi connectivity index (χ4n) is 2.20. The number of carbonyl (C=O) groups excluding carboxylic acids is 1. The monoisotopic (exact) mass is 336 g/mol. The van der Waals surface area contributed by atoms with Gasteiger partial charge in [0.15, 0.2) is 5.78 Å². The molecule has 0 saturated heterocycles. The van der Waals surface area contributed by atoms with Crippen molar-refractivity contribution < 1.29 is 19.4 Å². The molecule has 0 aliphatic carbocycles. The van der Waals surface area contributed by atoms with Gasteiger partial charge in [-0.05, 0) is 36.4 Å². The summed E-state index contributed by atoms with van der Waals surface area (Å²) in [6.45, 7) is 0. The first-order valence-corrected chi connectivity index (χ1v) is 7.71. The maximum absolute atomic E-state index is 11.9. The second kappa shape index (κ2) is 9.13. The van der Waals surface area contributed by atoms with Crippen LogP contribution in [0.5, 0.6) is 11.5 Å². The third-order valence-electron chi connectivity index (χ3n) is 3.43. The van der Waals surface area contributed by atoms with Gasteiger partial charge in [0.2, 0.25) is 0 Å². The van der Waals surface area contributed by atoms with Crippen molar-refractivity contribution >= 4 is 17.9 Å². The van der Waals surface area contributed by atoms with E-state index in [1.165, 1.54) is 12.2 Å². The first-order valence-electron chi connectivity index (χ1n) is 7.71. The molecule has 2 rings (SSSR count). The van der Waals surface area contributed by atoms with Crippen molar-refractivity contribution in [3.8, 4) is 11.5 Å². The van der Waals surface area contributed by atoms with Crippen LogP contribution in [0.15, 0.2) is 72.5 Å². The summed E-state index contributed by atoms with van der Waals surface area (Å²) in [6, 6.07) is 14.8. The second-order valence-corrected chi connectivity index (χ2v) is 5.12. The number of methoxy groups -OCH3 is 2. The number of hydrogen-bond donors (Lipinski definition) is 1. The van der Waals surface area contributed by atoms with Crippen LogP contribution in [0, 0.1) is 0 Å². The molecule has 0 heterocycles. The number of carbonyl (C=O) groups is 1. The van der Waals surface area contributed by atoms with Gasteiger partial charge in [-0.25, -0.2) is 0 Å². The molecule has 0 fully saturated rings. The zero-order valence-electron chi connectivity index (χ0n) is 14.2. The Labute approximate surface area is 147 Å². The number of hydrogen-bond acceptors (Lipinski definition) is 4. The topological polar surface area (TPSA) is 55.8 Å². The molecule has 128 valence electrons. The summed E-state index contributed by atoms with van der Waals surface area (Å²) in [6.07, 6.45) is 7.31. The number of allylic oxidation sites excluding steroid dienone is 3. The zero-order valence-corrected chi connectivity index (χ0v) is 14.2. The predicted molar refractivity (Wildman–Crippen MR) is 99.8 cm³/mol. The van der Waals surface area contributed by atoms with E-state index in [0.29, 0.717) is 11.5 Å². The molecule has 0 spiro atoms. The Morgan fingerprint density at radius 1 is 0.840 bits per heavy atom. The Hall–Kier alpha value is -3.27. The summed E-state index contributed by atoms with van der Waals surface area (Å²) in [4.78, 5) is 11.9. The third kappa shape index (κ3) is 5.39. The van der Waals surface area contributed by atoms with Gasteiger partial charge < -0.3 is 14.6 Å². The average molecular weight is 336 g/mol. The summed E-state index contributed by atoms with van der Waals surface area (Å²) in [5.74, 6) is 0.901. The van der Waals surface area contributed by atoms with Gasteiger partial charge in [0.05, 0.1) is 14.2 Å². The molecule has 0 radical (unpaired) electrons. The summed E-state index contributed by atoms with van der Waals surface area (Å²) in [5.41, 5.74) is 1.60. The van der Waals surface area contributed by atoms with Crippen LogP contribution in [0.4, 0.5) is 0 Å². The summed E-state index contributed by atoms with van der Waals surface area (Å²) >= 11 is 0. The molecule has 1 N–H and O–H groups in total. The second-order valence-electron chi connectivity index (χ2n) is 5.12. The van der Waals surface area contributed by atoms with E-state index >= 15 is 0 Å². The number of aliphatic hydroxyl groups excluding tert-OH is 1. The van der Waals surface area contributed by atoms with Crippen LogP contribution in [-0.4, -0.2) is 25.1 Å². The van der Waals surface area contributed by atoms with E-state index in [9.17, 15) is 9.90 Å². The van der Waals surface area contributed by atoms with Crippen molar-refractivity contribution in [3.05, 3.63) is 83.6 Å². The zero-order chi connectivity index (χ0) is 18.1. The van der Waals surface area contributed by atoms with Crippen molar-refractivity contribution in [2.24, 2.45) is 0 Å². The Morgan fingerprint density at radius 3 is 1.84 bits per heavy atom. The SMILES string of the molecule is COc1ccccc1/C=C/C(=O)C=C(O)/C=C/c1ccccc1OC. The van der Waals surface area contributed by atoms with E-state index in [-0.39, 0.29) is 11.5 Å². The lowest BCUT2D eigenvalue weighted by Gasteiger charge is -2.03. The molecule has 0 unspecified atom stereocenters. The number of para-hydroxylation sites is 2. The molecule has 2 aromatic rings. The number of aliphatic hydroxyl groups is 1. The van der Waals surface area contributed by atoms with Crippen LogP contribution >= 0.6 is 0 Å². The number of ketones is 1. The van der Waals surface area contributed by atoms with Crippen LogP contribution in [0.3, 0.4) is 0 Å².